The van der Waals surface area contributed by atoms with E-state index in [1.54, 1.807) is 12.1 Å². The van der Waals surface area contributed by atoms with Crippen molar-refractivity contribution in [3.63, 3.8) is 0 Å². The molecule has 0 radical (unpaired) electrons. The van der Waals surface area contributed by atoms with Gasteiger partial charge >= 0.3 is 6.09 Å². The van der Waals surface area contributed by atoms with Gasteiger partial charge in [-0.3, -0.25) is 4.79 Å². The number of aliphatic hydroxyl groups excluding tert-OH is 1. The number of hydrogen-bond acceptors (Lipinski definition) is 5. The van der Waals surface area contributed by atoms with Crippen LogP contribution in [0.1, 0.15) is 56.1 Å². The maximum absolute atomic E-state index is 13.4. The number of nitrogens with one attached hydrogen (secondary N) is 2. The van der Waals surface area contributed by atoms with Crippen LogP contribution in [0.3, 0.4) is 0 Å². The maximum atomic E-state index is 13.4. The maximum Gasteiger partial charge on any atom is 0.419 e. The van der Waals surface area contributed by atoms with E-state index < -0.39 is 11.7 Å². The van der Waals surface area contributed by atoms with Gasteiger partial charge in [0.2, 0.25) is 0 Å². The molecule has 3 N–H and O–H groups in total. The molecule has 1 aliphatic heterocycles. The molecule has 186 valence electrons. The molecule has 7 nitrogen and oxygen atoms in total. The van der Waals surface area contributed by atoms with Gasteiger partial charge < -0.3 is 20.5 Å². The molecule has 1 amide bonds. The summed E-state index contributed by atoms with van der Waals surface area (Å²) in [6, 6.07) is 11.3. The molecule has 0 spiro atoms. The number of hydrogen-bond donors (Lipinski definition) is 3. The lowest BCUT2D eigenvalue weighted by molar-refractivity contribution is 0.0547. The van der Waals surface area contributed by atoms with E-state index in [0.29, 0.717) is 47.0 Å². The first-order valence-electron chi connectivity index (χ1n) is 11.7. The summed E-state index contributed by atoms with van der Waals surface area (Å²) in [5.41, 5.74) is 3.25. The Morgan fingerprint density at radius 3 is 2.60 bits per heavy atom. The van der Waals surface area contributed by atoms with Crippen LogP contribution in [0.4, 0.5) is 4.79 Å². The van der Waals surface area contributed by atoms with Crippen molar-refractivity contribution in [2.45, 2.75) is 53.3 Å². The first kappa shape index (κ1) is 25.2. The van der Waals surface area contributed by atoms with Gasteiger partial charge in [0.15, 0.2) is 0 Å². The Morgan fingerprint density at radius 1 is 1.17 bits per heavy atom. The highest BCUT2D eigenvalue weighted by Gasteiger charge is 2.29. The number of nitrogens with zero attached hydrogens (tertiary/aromatic N) is 1. The molecular weight excluding hydrogens is 466 g/mol. The SMILES string of the molecule is CC(C)(CO)CNCc1ccc2c(c1)cc(-c1ccc(Cl)c3c1C(=O)NC3)n2C(=O)OC(C)(C)C. The number of rotatable bonds is 6. The van der Waals surface area contributed by atoms with Gasteiger partial charge in [-0.15, -0.1) is 0 Å². The summed E-state index contributed by atoms with van der Waals surface area (Å²) < 4.78 is 7.26. The number of aliphatic hydroxyl groups is 1. The van der Waals surface area contributed by atoms with Gasteiger partial charge in [-0.1, -0.05) is 37.6 Å². The Morgan fingerprint density at radius 2 is 1.91 bits per heavy atom. The molecule has 0 aliphatic carbocycles. The first-order valence-corrected chi connectivity index (χ1v) is 12.1. The standard InChI is InChI=1S/C27H32ClN3O4/c1-26(2,3)35-25(34)31-21-9-6-16(12-29-14-27(4,5)15-32)10-17(21)11-22(31)18-7-8-20(28)19-13-30-24(33)23(18)19/h6-11,29,32H,12-15H2,1-5H3,(H,30,33). The summed E-state index contributed by atoms with van der Waals surface area (Å²) in [5.74, 6) is -0.213. The predicted molar refractivity (Wildman–Crippen MR) is 138 cm³/mol. The van der Waals surface area contributed by atoms with E-state index in [2.05, 4.69) is 10.6 Å². The van der Waals surface area contributed by atoms with E-state index in [0.717, 1.165) is 16.5 Å². The quantitative estimate of drug-likeness (QED) is 0.441. The molecule has 2 heterocycles. The van der Waals surface area contributed by atoms with Crippen molar-refractivity contribution in [1.82, 2.24) is 15.2 Å². The smallest absolute Gasteiger partial charge is 0.419 e. The Bertz CT molecular complexity index is 1300. The van der Waals surface area contributed by atoms with Gasteiger partial charge in [-0.05, 0) is 50.6 Å². The first-order chi connectivity index (χ1) is 16.4. The molecule has 0 bridgehead atoms. The number of carbonyl (C=O) groups excluding carboxylic acids is 2. The molecule has 1 aliphatic rings. The van der Waals surface area contributed by atoms with E-state index in [-0.39, 0.29) is 17.9 Å². The topological polar surface area (TPSA) is 92.6 Å². The van der Waals surface area contributed by atoms with Crippen LogP contribution in [0, 0.1) is 5.41 Å². The van der Waals surface area contributed by atoms with E-state index in [1.807, 2.05) is 58.9 Å². The zero-order chi connectivity index (χ0) is 25.5. The molecule has 2 aromatic carbocycles. The lowest BCUT2D eigenvalue weighted by Crippen LogP contribution is -2.31. The Hall–Kier alpha value is -2.87. The van der Waals surface area contributed by atoms with Crippen molar-refractivity contribution in [3.05, 3.63) is 58.1 Å². The third-order valence-electron chi connectivity index (χ3n) is 5.99. The van der Waals surface area contributed by atoms with Gasteiger partial charge in [0.1, 0.15) is 5.60 Å². The van der Waals surface area contributed by atoms with Crippen LogP contribution in [0.15, 0.2) is 36.4 Å². The summed E-state index contributed by atoms with van der Waals surface area (Å²) in [6.07, 6.45) is -0.514. The van der Waals surface area contributed by atoms with Crippen LogP contribution < -0.4 is 10.6 Å². The lowest BCUT2D eigenvalue weighted by Gasteiger charge is -2.22. The van der Waals surface area contributed by atoms with Crippen molar-refractivity contribution in [1.29, 1.82) is 0 Å². The average Bonchev–Trinajstić information content (AvgIpc) is 3.34. The van der Waals surface area contributed by atoms with Crippen LogP contribution in [0.25, 0.3) is 22.2 Å². The number of fused-ring (bicyclic) bond motifs is 2. The third kappa shape index (κ3) is 5.22. The largest absolute Gasteiger partial charge is 0.443 e. The Kier molecular flexibility index (Phi) is 6.70. The number of ether oxygens (including phenoxy) is 1. The zero-order valence-corrected chi connectivity index (χ0v) is 21.5. The summed E-state index contributed by atoms with van der Waals surface area (Å²) in [4.78, 5) is 26.1. The fourth-order valence-corrected chi connectivity index (χ4v) is 4.43. The Labute approximate surface area is 210 Å². The summed E-state index contributed by atoms with van der Waals surface area (Å²) in [6.45, 7) is 11.2. The number of amides is 1. The third-order valence-corrected chi connectivity index (χ3v) is 6.34. The molecule has 0 saturated carbocycles. The normalized spacial score (nSPS) is 13.7. The van der Waals surface area contributed by atoms with Crippen molar-refractivity contribution >= 4 is 34.5 Å². The summed E-state index contributed by atoms with van der Waals surface area (Å²) in [7, 11) is 0. The lowest BCUT2D eigenvalue weighted by atomic mass is 9.95. The minimum absolute atomic E-state index is 0.0973. The second kappa shape index (κ2) is 9.30. The van der Waals surface area contributed by atoms with Crippen molar-refractivity contribution in [2.24, 2.45) is 5.41 Å². The molecule has 0 unspecified atom stereocenters. The highest BCUT2D eigenvalue weighted by atomic mass is 35.5. The number of aromatic nitrogens is 1. The fraction of sp³-hybridized carbons (Fsp3) is 0.407. The van der Waals surface area contributed by atoms with E-state index in [4.69, 9.17) is 16.3 Å². The van der Waals surface area contributed by atoms with Crippen LogP contribution in [-0.2, 0) is 17.8 Å². The molecule has 0 fully saturated rings. The number of carbonyl (C=O) groups is 2. The highest BCUT2D eigenvalue weighted by molar-refractivity contribution is 6.32. The molecule has 4 rings (SSSR count). The monoisotopic (exact) mass is 497 g/mol. The molecule has 0 atom stereocenters. The highest BCUT2D eigenvalue weighted by Crippen LogP contribution is 2.37. The molecule has 3 aromatic rings. The van der Waals surface area contributed by atoms with E-state index >= 15 is 0 Å². The molecule has 8 heteroatoms. The van der Waals surface area contributed by atoms with Gasteiger partial charge in [0.25, 0.3) is 5.91 Å². The van der Waals surface area contributed by atoms with Gasteiger partial charge in [0, 0.05) is 53.2 Å². The van der Waals surface area contributed by atoms with Crippen LogP contribution in [-0.4, -0.2) is 40.4 Å². The van der Waals surface area contributed by atoms with Gasteiger partial charge in [-0.2, -0.15) is 0 Å². The zero-order valence-electron chi connectivity index (χ0n) is 20.8. The van der Waals surface area contributed by atoms with Crippen LogP contribution >= 0.6 is 11.6 Å². The second-order valence-electron chi connectivity index (χ2n) is 10.8. The number of halogens is 1. The second-order valence-corrected chi connectivity index (χ2v) is 11.2. The van der Waals surface area contributed by atoms with Crippen molar-refractivity contribution < 1.29 is 19.4 Å². The average molecular weight is 498 g/mol. The van der Waals surface area contributed by atoms with Gasteiger partial charge in [0.05, 0.1) is 16.8 Å². The molecule has 1 aromatic heterocycles. The Balaban J connectivity index is 1.81. The minimum Gasteiger partial charge on any atom is -0.443 e. The molecular formula is C27H32ClN3O4. The van der Waals surface area contributed by atoms with Gasteiger partial charge in [-0.25, -0.2) is 9.36 Å². The summed E-state index contributed by atoms with van der Waals surface area (Å²) in [5, 5.41) is 17.1. The van der Waals surface area contributed by atoms with Crippen LogP contribution in [0.5, 0.6) is 0 Å². The van der Waals surface area contributed by atoms with E-state index in [9.17, 15) is 14.7 Å². The van der Waals surface area contributed by atoms with Crippen LogP contribution in [0.2, 0.25) is 5.02 Å². The van der Waals surface area contributed by atoms with Crippen molar-refractivity contribution in [3.8, 4) is 11.3 Å². The fourth-order valence-electron chi connectivity index (χ4n) is 4.20. The minimum atomic E-state index is -0.687. The van der Waals surface area contributed by atoms with Crippen molar-refractivity contribution in [2.75, 3.05) is 13.2 Å². The summed E-state index contributed by atoms with van der Waals surface area (Å²) >= 11 is 6.36. The molecule has 0 saturated heterocycles. The molecule has 35 heavy (non-hydrogen) atoms. The number of benzene rings is 2. The predicted octanol–water partition coefficient (Wildman–Crippen LogP) is 5.10. The van der Waals surface area contributed by atoms with E-state index in [1.165, 1.54) is 4.57 Å².